The summed E-state index contributed by atoms with van der Waals surface area (Å²) in [7, 11) is 3.00. The maximum atomic E-state index is 11.5. The molecular formula is C12H16N4O5. The van der Waals surface area contributed by atoms with Crippen LogP contribution in [0.3, 0.4) is 0 Å². The van der Waals surface area contributed by atoms with E-state index in [1.807, 2.05) is 0 Å². The first-order chi connectivity index (χ1) is 9.77. The van der Waals surface area contributed by atoms with Crippen molar-refractivity contribution in [2.45, 2.75) is 6.92 Å². The molecule has 1 aromatic rings. The molecule has 0 fully saturated rings. The lowest BCUT2D eigenvalue weighted by molar-refractivity contribution is -0.384. The van der Waals surface area contributed by atoms with Crippen LogP contribution in [-0.4, -0.2) is 47.5 Å². The van der Waals surface area contributed by atoms with Gasteiger partial charge in [-0.25, -0.2) is 9.78 Å². The number of carbonyl (C=O) groups excluding carboxylic acids is 1. The van der Waals surface area contributed by atoms with Crippen LogP contribution in [0.25, 0.3) is 0 Å². The van der Waals surface area contributed by atoms with Crippen LogP contribution in [0.1, 0.15) is 17.4 Å². The molecule has 0 saturated carbocycles. The number of carboxylic acids is 1. The minimum Gasteiger partial charge on any atom is -0.477 e. The Kier molecular flexibility index (Phi) is 5.17. The predicted molar refractivity (Wildman–Crippen MR) is 74.4 cm³/mol. The van der Waals surface area contributed by atoms with E-state index in [9.17, 15) is 19.7 Å². The van der Waals surface area contributed by atoms with Crippen LogP contribution >= 0.6 is 0 Å². The monoisotopic (exact) mass is 296 g/mol. The van der Waals surface area contributed by atoms with Gasteiger partial charge < -0.3 is 15.3 Å². The number of nitrogens with zero attached hydrogens (tertiary/aromatic N) is 3. The van der Waals surface area contributed by atoms with Crippen LogP contribution in [0.2, 0.25) is 0 Å². The van der Waals surface area contributed by atoms with E-state index in [4.69, 9.17) is 5.11 Å². The summed E-state index contributed by atoms with van der Waals surface area (Å²) < 4.78 is 0. The quantitative estimate of drug-likeness (QED) is 0.578. The summed E-state index contributed by atoms with van der Waals surface area (Å²) >= 11 is 0. The molecule has 1 aromatic heterocycles. The van der Waals surface area contributed by atoms with Crippen molar-refractivity contribution in [3.63, 3.8) is 0 Å². The van der Waals surface area contributed by atoms with Crippen molar-refractivity contribution < 1.29 is 19.6 Å². The number of hydrogen-bond donors (Lipinski definition) is 2. The van der Waals surface area contributed by atoms with E-state index in [0.717, 1.165) is 12.1 Å². The van der Waals surface area contributed by atoms with E-state index in [-0.39, 0.29) is 29.7 Å². The molecule has 1 atom stereocenters. The van der Waals surface area contributed by atoms with Crippen molar-refractivity contribution in [2.24, 2.45) is 5.92 Å². The molecule has 1 amide bonds. The maximum absolute atomic E-state index is 11.5. The van der Waals surface area contributed by atoms with Gasteiger partial charge >= 0.3 is 11.7 Å². The van der Waals surface area contributed by atoms with E-state index in [0.29, 0.717) is 0 Å². The van der Waals surface area contributed by atoms with Gasteiger partial charge in [0.25, 0.3) is 0 Å². The lowest BCUT2D eigenvalue weighted by atomic mass is 10.1. The standard InChI is InChI=1S/C12H16N4O5/c1-7(11(17)13-2)6-15(3)10-9(16(20)21)5-4-8(14-10)12(18)19/h4-5,7H,6H2,1-3H3,(H,13,17)(H,18,19). The first kappa shape index (κ1) is 16.3. The second kappa shape index (κ2) is 6.64. The molecule has 9 heteroatoms. The number of amides is 1. The minimum absolute atomic E-state index is 0.0874. The SMILES string of the molecule is CNC(=O)C(C)CN(C)c1nc(C(=O)O)ccc1[N+](=O)[O-]. The van der Waals surface area contributed by atoms with Crippen LogP contribution in [-0.2, 0) is 4.79 Å². The van der Waals surface area contributed by atoms with Gasteiger partial charge in [-0.1, -0.05) is 6.92 Å². The number of carbonyl (C=O) groups is 2. The average molecular weight is 296 g/mol. The van der Waals surface area contributed by atoms with E-state index in [2.05, 4.69) is 10.3 Å². The average Bonchev–Trinajstić information content (AvgIpc) is 2.45. The van der Waals surface area contributed by atoms with Crippen molar-refractivity contribution >= 4 is 23.4 Å². The largest absolute Gasteiger partial charge is 0.477 e. The minimum atomic E-state index is -1.28. The van der Waals surface area contributed by atoms with E-state index >= 15 is 0 Å². The highest BCUT2D eigenvalue weighted by molar-refractivity contribution is 5.86. The number of aromatic carboxylic acids is 1. The summed E-state index contributed by atoms with van der Waals surface area (Å²) in [5.41, 5.74) is -0.610. The molecule has 1 unspecified atom stereocenters. The van der Waals surface area contributed by atoms with Crippen LogP contribution in [0.15, 0.2) is 12.1 Å². The van der Waals surface area contributed by atoms with Gasteiger partial charge in [-0.3, -0.25) is 14.9 Å². The smallest absolute Gasteiger partial charge is 0.354 e. The molecule has 9 nitrogen and oxygen atoms in total. The molecule has 0 aliphatic rings. The van der Waals surface area contributed by atoms with Gasteiger partial charge in [0.05, 0.1) is 10.8 Å². The van der Waals surface area contributed by atoms with Crippen molar-refractivity contribution in [1.82, 2.24) is 10.3 Å². The molecule has 2 N–H and O–H groups in total. The second-order valence-electron chi connectivity index (χ2n) is 4.50. The first-order valence-corrected chi connectivity index (χ1v) is 6.09. The Morgan fingerprint density at radius 3 is 2.62 bits per heavy atom. The number of aromatic nitrogens is 1. The number of nitro groups is 1. The summed E-state index contributed by atoms with van der Waals surface area (Å²) in [5.74, 6) is -2.02. The second-order valence-corrected chi connectivity index (χ2v) is 4.50. The summed E-state index contributed by atoms with van der Waals surface area (Å²) in [6, 6.07) is 2.16. The van der Waals surface area contributed by atoms with Gasteiger partial charge in [0.15, 0.2) is 5.69 Å². The fraction of sp³-hybridized carbons (Fsp3) is 0.417. The summed E-state index contributed by atoms with van der Waals surface area (Å²) in [4.78, 5) is 37.9. The van der Waals surface area contributed by atoms with Gasteiger partial charge in [-0.2, -0.15) is 0 Å². The Bertz CT molecular complexity index is 575. The zero-order chi connectivity index (χ0) is 16.2. The highest BCUT2D eigenvalue weighted by Gasteiger charge is 2.23. The van der Waals surface area contributed by atoms with Gasteiger partial charge in [0, 0.05) is 26.7 Å². The summed E-state index contributed by atoms with van der Waals surface area (Å²) in [5, 5.41) is 22.4. The number of hydrogen-bond acceptors (Lipinski definition) is 6. The molecule has 1 heterocycles. The van der Waals surface area contributed by atoms with Gasteiger partial charge in [-0.05, 0) is 6.07 Å². The van der Waals surface area contributed by atoms with Crippen molar-refractivity contribution in [3.05, 3.63) is 27.9 Å². The summed E-state index contributed by atoms with van der Waals surface area (Å²) in [6.45, 7) is 1.82. The highest BCUT2D eigenvalue weighted by atomic mass is 16.6. The number of nitrogens with one attached hydrogen (secondary N) is 1. The van der Waals surface area contributed by atoms with Crippen LogP contribution < -0.4 is 10.2 Å². The normalized spacial score (nSPS) is 11.6. The van der Waals surface area contributed by atoms with E-state index in [1.54, 1.807) is 6.92 Å². The van der Waals surface area contributed by atoms with Gasteiger partial charge in [0.2, 0.25) is 11.7 Å². The fourth-order valence-corrected chi connectivity index (χ4v) is 1.81. The van der Waals surface area contributed by atoms with Crippen molar-refractivity contribution in [1.29, 1.82) is 0 Å². The van der Waals surface area contributed by atoms with Crippen molar-refractivity contribution in [2.75, 3.05) is 25.5 Å². The molecule has 0 aliphatic carbocycles. The third-order valence-electron chi connectivity index (χ3n) is 2.87. The molecule has 114 valence electrons. The third-order valence-corrected chi connectivity index (χ3v) is 2.87. The van der Waals surface area contributed by atoms with Gasteiger partial charge in [-0.15, -0.1) is 0 Å². The highest BCUT2D eigenvalue weighted by Crippen LogP contribution is 2.25. The lowest BCUT2D eigenvalue weighted by Crippen LogP contribution is -2.35. The Morgan fingerprint density at radius 1 is 1.52 bits per heavy atom. The Morgan fingerprint density at radius 2 is 2.14 bits per heavy atom. The number of rotatable bonds is 6. The zero-order valence-corrected chi connectivity index (χ0v) is 11.9. The molecular weight excluding hydrogens is 280 g/mol. The molecule has 0 spiro atoms. The Hall–Kier alpha value is -2.71. The van der Waals surface area contributed by atoms with Crippen LogP contribution in [0.4, 0.5) is 11.5 Å². The Labute approximate surface area is 120 Å². The maximum Gasteiger partial charge on any atom is 0.354 e. The topological polar surface area (TPSA) is 126 Å². The van der Waals surface area contributed by atoms with E-state index in [1.165, 1.54) is 19.0 Å². The number of pyridine rings is 1. The van der Waals surface area contributed by atoms with Crippen molar-refractivity contribution in [3.8, 4) is 0 Å². The molecule has 0 saturated heterocycles. The summed E-state index contributed by atoms with van der Waals surface area (Å²) in [6.07, 6.45) is 0. The number of anilines is 1. The molecule has 21 heavy (non-hydrogen) atoms. The van der Waals surface area contributed by atoms with Crippen LogP contribution in [0.5, 0.6) is 0 Å². The molecule has 0 bridgehead atoms. The first-order valence-electron chi connectivity index (χ1n) is 6.09. The third kappa shape index (κ3) is 3.88. The Balaban J connectivity index is 3.13. The predicted octanol–water partition coefficient (Wildman–Crippen LogP) is 0.506. The molecule has 1 rings (SSSR count). The molecule has 0 aliphatic heterocycles. The van der Waals surface area contributed by atoms with Crippen LogP contribution in [0, 0.1) is 16.0 Å². The fourth-order valence-electron chi connectivity index (χ4n) is 1.81. The van der Waals surface area contributed by atoms with Gasteiger partial charge in [0.1, 0.15) is 0 Å². The molecule has 0 radical (unpaired) electrons. The molecule has 0 aromatic carbocycles. The van der Waals surface area contributed by atoms with E-state index < -0.39 is 16.8 Å². The number of carboxylic acid groups (broad SMARTS) is 1. The lowest BCUT2D eigenvalue weighted by Gasteiger charge is -2.21. The zero-order valence-electron chi connectivity index (χ0n) is 11.9.